The zero-order chi connectivity index (χ0) is 21.9. The summed E-state index contributed by atoms with van der Waals surface area (Å²) in [4.78, 5) is 57.7. The molecule has 4 unspecified atom stereocenters. The Kier molecular flexibility index (Phi) is 11.8. The fourth-order valence-electron chi connectivity index (χ4n) is 1.95. The van der Waals surface area contributed by atoms with Crippen LogP contribution in [0, 0.1) is 0 Å². The van der Waals surface area contributed by atoms with Crippen LogP contribution in [0.5, 0.6) is 0 Å². The molecule has 0 aliphatic heterocycles. The molecule has 4 atom stereocenters. The molecule has 0 heterocycles. The Hall–Kier alpha value is -2.38. The summed E-state index contributed by atoms with van der Waals surface area (Å²) in [5, 5.41) is 33.5. The standard InChI is InChI=1S/C15H26N4O8S/c1-7(20)12(15(26)27)19-14(25)9(5-11(22)23)18-10(21)6-17-13(24)8(16)3-4-28-2/h7-9,12,20H,3-6,16H2,1-2H3,(H,17,24)(H,18,21)(H,19,25)(H,22,23)(H,26,27). The maximum absolute atomic E-state index is 12.1. The van der Waals surface area contributed by atoms with Gasteiger partial charge in [0, 0.05) is 0 Å². The van der Waals surface area contributed by atoms with Crippen molar-refractivity contribution in [2.24, 2.45) is 5.73 Å². The van der Waals surface area contributed by atoms with Gasteiger partial charge in [0.2, 0.25) is 17.7 Å². The molecule has 0 saturated carbocycles. The number of rotatable bonds is 13. The zero-order valence-corrected chi connectivity index (χ0v) is 16.3. The summed E-state index contributed by atoms with van der Waals surface area (Å²) >= 11 is 1.50. The molecule has 28 heavy (non-hydrogen) atoms. The maximum atomic E-state index is 12.1. The normalized spacial score (nSPS) is 14.9. The Bertz CT molecular complexity index is 586. The van der Waals surface area contributed by atoms with Gasteiger partial charge in [-0.3, -0.25) is 19.2 Å². The van der Waals surface area contributed by atoms with E-state index in [-0.39, 0.29) is 0 Å². The van der Waals surface area contributed by atoms with Gasteiger partial charge in [-0.15, -0.1) is 0 Å². The quantitative estimate of drug-likeness (QED) is 0.161. The van der Waals surface area contributed by atoms with Gasteiger partial charge >= 0.3 is 11.9 Å². The average Bonchev–Trinajstić information content (AvgIpc) is 2.60. The smallest absolute Gasteiger partial charge is 0.328 e. The average molecular weight is 422 g/mol. The van der Waals surface area contributed by atoms with Crippen molar-refractivity contribution in [2.75, 3.05) is 18.6 Å². The zero-order valence-electron chi connectivity index (χ0n) is 15.5. The number of hydrogen-bond donors (Lipinski definition) is 7. The number of thioether (sulfide) groups is 1. The van der Waals surface area contributed by atoms with Gasteiger partial charge in [-0.05, 0) is 25.4 Å². The largest absolute Gasteiger partial charge is 0.481 e. The number of hydrogen-bond acceptors (Lipinski definition) is 8. The molecule has 0 radical (unpaired) electrons. The van der Waals surface area contributed by atoms with E-state index < -0.39 is 66.9 Å². The predicted molar refractivity (Wildman–Crippen MR) is 99.4 cm³/mol. The minimum absolute atomic E-state index is 0.397. The van der Waals surface area contributed by atoms with Gasteiger partial charge in [0.1, 0.15) is 6.04 Å². The molecule has 160 valence electrons. The van der Waals surface area contributed by atoms with E-state index >= 15 is 0 Å². The first kappa shape index (κ1) is 25.6. The fourth-order valence-corrected chi connectivity index (χ4v) is 2.44. The fraction of sp³-hybridized carbons (Fsp3) is 0.667. The first-order valence-corrected chi connectivity index (χ1v) is 9.63. The van der Waals surface area contributed by atoms with Crippen LogP contribution in [0.25, 0.3) is 0 Å². The van der Waals surface area contributed by atoms with Gasteiger partial charge in [-0.25, -0.2) is 4.79 Å². The van der Waals surface area contributed by atoms with Crippen molar-refractivity contribution < 1.29 is 39.3 Å². The van der Waals surface area contributed by atoms with Gasteiger partial charge < -0.3 is 37.0 Å². The SMILES string of the molecule is CSCCC(N)C(=O)NCC(=O)NC(CC(=O)O)C(=O)NC(C(=O)O)C(C)O. The van der Waals surface area contributed by atoms with Crippen molar-refractivity contribution in [3.63, 3.8) is 0 Å². The van der Waals surface area contributed by atoms with Crippen LogP contribution in [-0.2, 0) is 24.0 Å². The lowest BCUT2D eigenvalue weighted by Gasteiger charge is -2.22. The lowest BCUT2D eigenvalue weighted by molar-refractivity contribution is -0.145. The van der Waals surface area contributed by atoms with Crippen LogP contribution in [-0.4, -0.2) is 87.8 Å². The molecule has 12 nitrogen and oxygen atoms in total. The van der Waals surface area contributed by atoms with E-state index in [2.05, 4.69) is 10.6 Å². The van der Waals surface area contributed by atoms with Gasteiger partial charge in [-0.2, -0.15) is 11.8 Å². The molecule has 0 rings (SSSR count). The summed E-state index contributed by atoms with van der Waals surface area (Å²) in [7, 11) is 0. The van der Waals surface area contributed by atoms with Crippen LogP contribution >= 0.6 is 11.8 Å². The van der Waals surface area contributed by atoms with E-state index in [0.717, 1.165) is 6.92 Å². The first-order valence-electron chi connectivity index (χ1n) is 8.24. The molecular weight excluding hydrogens is 396 g/mol. The van der Waals surface area contributed by atoms with E-state index in [1.165, 1.54) is 11.8 Å². The summed E-state index contributed by atoms with van der Waals surface area (Å²) in [6, 6.07) is -4.11. The van der Waals surface area contributed by atoms with E-state index in [0.29, 0.717) is 12.2 Å². The summed E-state index contributed by atoms with van der Waals surface area (Å²) in [6.07, 6.45) is -0.0397. The minimum Gasteiger partial charge on any atom is -0.481 e. The number of carboxylic acids is 2. The molecule has 3 amide bonds. The molecule has 0 aliphatic rings. The molecule has 0 spiro atoms. The number of nitrogens with one attached hydrogen (secondary N) is 3. The van der Waals surface area contributed by atoms with Crippen molar-refractivity contribution in [3.8, 4) is 0 Å². The second kappa shape index (κ2) is 12.9. The number of aliphatic hydroxyl groups is 1. The molecule has 0 bridgehead atoms. The topological polar surface area (TPSA) is 208 Å². The number of aliphatic hydroxyl groups excluding tert-OH is 1. The lowest BCUT2D eigenvalue weighted by Crippen LogP contribution is -2.56. The third-order valence-corrected chi connectivity index (χ3v) is 4.11. The Morgan fingerprint density at radius 2 is 1.68 bits per heavy atom. The highest BCUT2D eigenvalue weighted by Crippen LogP contribution is 2.00. The van der Waals surface area contributed by atoms with Crippen LogP contribution < -0.4 is 21.7 Å². The monoisotopic (exact) mass is 422 g/mol. The highest BCUT2D eigenvalue weighted by molar-refractivity contribution is 7.98. The van der Waals surface area contributed by atoms with Crippen molar-refractivity contribution >= 4 is 41.4 Å². The van der Waals surface area contributed by atoms with Crippen molar-refractivity contribution in [1.82, 2.24) is 16.0 Å². The Balaban J connectivity index is 4.83. The highest BCUT2D eigenvalue weighted by atomic mass is 32.2. The summed E-state index contributed by atoms with van der Waals surface area (Å²) < 4.78 is 0. The molecule has 13 heteroatoms. The van der Waals surface area contributed by atoms with Crippen LogP contribution in [0.15, 0.2) is 0 Å². The number of carbonyl (C=O) groups excluding carboxylic acids is 3. The summed E-state index contributed by atoms with van der Waals surface area (Å²) in [5.41, 5.74) is 5.64. The van der Waals surface area contributed by atoms with E-state index in [1.54, 1.807) is 0 Å². The van der Waals surface area contributed by atoms with Crippen molar-refractivity contribution in [2.45, 2.75) is 44.0 Å². The maximum Gasteiger partial charge on any atom is 0.328 e. The predicted octanol–water partition coefficient (Wildman–Crippen LogP) is -2.91. The van der Waals surface area contributed by atoms with Crippen LogP contribution in [0.4, 0.5) is 0 Å². The molecule has 0 aromatic rings. The van der Waals surface area contributed by atoms with Crippen LogP contribution in [0.2, 0.25) is 0 Å². The summed E-state index contributed by atoms with van der Waals surface area (Å²) in [6.45, 7) is 0.577. The van der Waals surface area contributed by atoms with Gasteiger partial charge in [0.25, 0.3) is 0 Å². The minimum atomic E-state index is -1.69. The second-order valence-corrected chi connectivity index (χ2v) is 6.87. The Morgan fingerprint density at radius 3 is 2.14 bits per heavy atom. The first-order chi connectivity index (χ1) is 13.0. The number of amides is 3. The van der Waals surface area contributed by atoms with E-state index in [4.69, 9.17) is 15.9 Å². The lowest BCUT2D eigenvalue weighted by atomic mass is 10.1. The number of nitrogens with two attached hydrogens (primary N) is 1. The van der Waals surface area contributed by atoms with Crippen molar-refractivity contribution in [3.05, 3.63) is 0 Å². The molecule has 0 aromatic carbocycles. The second-order valence-electron chi connectivity index (χ2n) is 5.89. The van der Waals surface area contributed by atoms with Gasteiger partial charge in [0.15, 0.2) is 6.04 Å². The Labute approximate surface area is 165 Å². The highest BCUT2D eigenvalue weighted by Gasteiger charge is 2.30. The van der Waals surface area contributed by atoms with Gasteiger partial charge in [0.05, 0.1) is 25.1 Å². The third kappa shape index (κ3) is 10.1. The number of aliphatic carboxylic acids is 2. The Morgan fingerprint density at radius 1 is 1.07 bits per heavy atom. The molecule has 0 aromatic heterocycles. The number of carbonyl (C=O) groups is 5. The summed E-state index contributed by atoms with van der Waals surface area (Å²) in [5.74, 6) is -4.86. The third-order valence-electron chi connectivity index (χ3n) is 3.47. The van der Waals surface area contributed by atoms with Crippen LogP contribution in [0.3, 0.4) is 0 Å². The van der Waals surface area contributed by atoms with Crippen molar-refractivity contribution in [1.29, 1.82) is 0 Å². The molecule has 8 N–H and O–H groups in total. The number of carboxylic acid groups (broad SMARTS) is 2. The molecule has 0 fully saturated rings. The van der Waals surface area contributed by atoms with E-state index in [9.17, 15) is 29.1 Å². The molecule has 0 saturated heterocycles. The molecule has 0 aliphatic carbocycles. The van der Waals surface area contributed by atoms with E-state index in [1.807, 2.05) is 11.6 Å². The molecular formula is C15H26N4O8S. The van der Waals surface area contributed by atoms with Gasteiger partial charge in [-0.1, -0.05) is 0 Å². The van der Waals surface area contributed by atoms with Crippen LogP contribution in [0.1, 0.15) is 19.8 Å².